The van der Waals surface area contributed by atoms with Crippen LogP contribution in [0.1, 0.15) is 36.0 Å². The number of hydrogen-bond acceptors (Lipinski definition) is 3. The molecule has 1 rings (SSSR count). The first-order chi connectivity index (χ1) is 5.82. The van der Waals surface area contributed by atoms with Crippen LogP contribution in [0.4, 0.5) is 5.00 Å². The Kier molecular flexibility index (Phi) is 2.34. The first-order valence-corrected chi connectivity index (χ1v) is 4.77. The molecular weight excluding hydrogens is 186 g/mol. The average molecular weight is 199 g/mol. The van der Waals surface area contributed by atoms with Gasteiger partial charge in [-0.15, -0.1) is 11.3 Å². The van der Waals surface area contributed by atoms with Crippen LogP contribution in [-0.4, -0.2) is 11.1 Å². The molecule has 0 fully saturated rings. The van der Waals surface area contributed by atoms with E-state index in [1.165, 1.54) is 0 Å². The minimum absolute atomic E-state index is 0.165. The summed E-state index contributed by atoms with van der Waals surface area (Å²) in [5.74, 6) is -0.897. The third kappa shape index (κ3) is 2.01. The minimum atomic E-state index is -0.897. The standard InChI is InChI=1S/C9H13NO2S/c1-9(2,3)5-4-6(10)13-7(5)8(11)12/h4H,10H2,1-3H3,(H,11,12). The van der Waals surface area contributed by atoms with Gasteiger partial charge in [-0.25, -0.2) is 4.79 Å². The molecule has 4 heteroatoms. The van der Waals surface area contributed by atoms with E-state index in [2.05, 4.69) is 0 Å². The number of anilines is 1. The summed E-state index contributed by atoms with van der Waals surface area (Å²) in [5.41, 5.74) is 6.21. The normalized spacial score (nSPS) is 11.6. The molecule has 0 unspecified atom stereocenters. The number of hydrogen-bond donors (Lipinski definition) is 2. The predicted octanol–water partition coefficient (Wildman–Crippen LogP) is 2.33. The maximum absolute atomic E-state index is 10.8. The maximum Gasteiger partial charge on any atom is 0.346 e. The lowest BCUT2D eigenvalue weighted by Crippen LogP contribution is -2.14. The SMILES string of the molecule is CC(C)(C)c1cc(N)sc1C(=O)O. The monoisotopic (exact) mass is 199 g/mol. The lowest BCUT2D eigenvalue weighted by Gasteiger charge is -2.17. The van der Waals surface area contributed by atoms with Crippen molar-refractivity contribution in [1.82, 2.24) is 0 Å². The molecule has 1 aromatic heterocycles. The van der Waals surface area contributed by atoms with E-state index in [1.54, 1.807) is 6.07 Å². The van der Waals surface area contributed by atoms with Crippen molar-refractivity contribution in [2.75, 3.05) is 5.73 Å². The summed E-state index contributed by atoms with van der Waals surface area (Å²) in [7, 11) is 0. The van der Waals surface area contributed by atoms with E-state index in [-0.39, 0.29) is 5.41 Å². The highest BCUT2D eigenvalue weighted by molar-refractivity contribution is 7.17. The van der Waals surface area contributed by atoms with E-state index >= 15 is 0 Å². The van der Waals surface area contributed by atoms with Crippen LogP contribution in [0.5, 0.6) is 0 Å². The van der Waals surface area contributed by atoms with Crippen LogP contribution >= 0.6 is 11.3 Å². The summed E-state index contributed by atoms with van der Waals surface area (Å²) < 4.78 is 0. The van der Waals surface area contributed by atoms with Crippen LogP contribution in [0.25, 0.3) is 0 Å². The molecule has 0 radical (unpaired) electrons. The molecule has 3 N–H and O–H groups in total. The van der Waals surface area contributed by atoms with E-state index < -0.39 is 5.97 Å². The highest BCUT2D eigenvalue weighted by Gasteiger charge is 2.24. The molecule has 0 aliphatic heterocycles. The third-order valence-electron chi connectivity index (χ3n) is 1.75. The molecule has 0 atom stereocenters. The maximum atomic E-state index is 10.8. The van der Waals surface area contributed by atoms with Crippen molar-refractivity contribution in [1.29, 1.82) is 0 Å². The molecule has 3 nitrogen and oxygen atoms in total. The van der Waals surface area contributed by atoms with E-state index in [0.717, 1.165) is 16.9 Å². The largest absolute Gasteiger partial charge is 0.477 e. The van der Waals surface area contributed by atoms with Crippen molar-refractivity contribution >= 4 is 22.3 Å². The van der Waals surface area contributed by atoms with Gasteiger partial charge in [-0.05, 0) is 17.0 Å². The lowest BCUT2D eigenvalue weighted by molar-refractivity contribution is 0.0699. The Morgan fingerprint density at radius 1 is 1.54 bits per heavy atom. The quantitative estimate of drug-likeness (QED) is 0.729. The van der Waals surface area contributed by atoms with Crippen molar-refractivity contribution in [3.8, 4) is 0 Å². The molecule has 0 bridgehead atoms. The summed E-state index contributed by atoms with van der Waals surface area (Å²) >= 11 is 1.13. The molecule has 72 valence electrons. The highest BCUT2D eigenvalue weighted by atomic mass is 32.1. The first kappa shape index (κ1) is 10.1. The molecule has 0 saturated carbocycles. The van der Waals surface area contributed by atoms with Crippen LogP contribution in [0.3, 0.4) is 0 Å². The second-order valence-corrected chi connectivity index (χ2v) is 5.03. The van der Waals surface area contributed by atoms with Gasteiger partial charge in [0.05, 0.1) is 5.00 Å². The van der Waals surface area contributed by atoms with Gasteiger partial charge in [-0.3, -0.25) is 0 Å². The molecule has 1 heterocycles. The van der Waals surface area contributed by atoms with Crippen LogP contribution < -0.4 is 5.73 Å². The van der Waals surface area contributed by atoms with E-state index in [0.29, 0.717) is 9.88 Å². The summed E-state index contributed by atoms with van der Waals surface area (Å²) in [5, 5.41) is 9.45. The van der Waals surface area contributed by atoms with Gasteiger partial charge in [-0.2, -0.15) is 0 Å². The fourth-order valence-corrected chi connectivity index (χ4v) is 2.10. The Hall–Kier alpha value is -1.03. The number of carboxylic acid groups (broad SMARTS) is 1. The molecule has 1 aromatic rings. The Morgan fingerprint density at radius 2 is 2.08 bits per heavy atom. The van der Waals surface area contributed by atoms with Crippen molar-refractivity contribution in [3.05, 3.63) is 16.5 Å². The number of carboxylic acids is 1. The fraction of sp³-hybridized carbons (Fsp3) is 0.444. The smallest absolute Gasteiger partial charge is 0.346 e. The van der Waals surface area contributed by atoms with Gasteiger partial charge in [0, 0.05) is 0 Å². The number of rotatable bonds is 1. The Labute approximate surface area is 81.2 Å². The van der Waals surface area contributed by atoms with Crippen LogP contribution in [0.2, 0.25) is 0 Å². The summed E-state index contributed by atoms with van der Waals surface area (Å²) in [6.07, 6.45) is 0. The number of thiophene rings is 1. The van der Waals surface area contributed by atoms with Crippen molar-refractivity contribution in [2.45, 2.75) is 26.2 Å². The Morgan fingerprint density at radius 3 is 2.38 bits per heavy atom. The topological polar surface area (TPSA) is 63.3 Å². The second kappa shape index (κ2) is 3.03. The van der Waals surface area contributed by atoms with E-state index in [1.807, 2.05) is 20.8 Å². The van der Waals surface area contributed by atoms with Crippen LogP contribution in [0.15, 0.2) is 6.07 Å². The average Bonchev–Trinajstić information content (AvgIpc) is 2.29. The third-order valence-corrected chi connectivity index (χ3v) is 2.71. The van der Waals surface area contributed by atoms with Gasteiger partial charge in [0.2, 0.25) is 0 Å². The van der Waals surface area contributed by atoms with Gasteiger partial charge in [0.1, 0.15) is 4.88 Å². The number of nitrogen functional groups attached to an aromatic ring is 1. The Bertz CT molecular complexity index is 336. The summed E-state index contributed by atoms with van der Waals surface area (Å²) in [6, 6.07) is 1.74. The van der Waals surface area contributed by atoms with Gasteiger partial charge in [0.25, 0.3) is 0 Å². The Balaban J connectivity index is 3.28. The van der Waals surface area contributed by atoms with Gasteiger partial charge < -0.3 is 10.8 Å². The second-order valence-electron chi connectivity index (χ2n) is 3.95. The predicted molar refractivity (Wildman–Crippen MR) is 54.4 cm³/mol. The van der Waals surface area contributed by atoms with E-state index in [9.17, 15) is 4.79 Å². The van der Waals surface area contributed by atoms with Gasteiger partial charge in [-0.1, -0.05) is 20.8 Å². The highest BCUT2D eigenvalue weighted by Crippen LogP contribution is 2.33. The van der Waals surface area contributed by atoms with Crippen molar-refractivity contribution < 1.29 is 9.90 Å². The molecule has 13 heavy (non-hydrogen) atoms. The number of aromatic carboxylic acids is 1. The number of nitrogens with two attached hydrogens (primary N) is 1. The molecule has 0 spiro atoms. The first-order valence-electron chi connectivity index (χ1n) is 3.95. The zero-order valence-electron chi connectivity index (χ0n) is 7.92. The number of carbonyl (C=O) groups is 1. The molecule has 0 aliphatic rings. The molecule has 0 amide bonds. The van der Waals surface area contributed by atoms with E-state index in [4.69, 9.17) is 10.8 Å². The van der Waals surface area contributed by atoms with Gasteiger partial charge in [0.15, 0.2) is 0 Å². The zero-order chi connectivity index (χ0) is 10.2. The zero-order valence-corrected chi connectivity index (χ0v) is 8.73. The summed E-state index contributed by atoms with van der Waals surface area (Å²) in [4.78, 5) is 11.2. The lowest BCUT2D eigenvalue weighted by atomic mass is 9.87. The summed E-state index contributed by atoms with van der Waals surface area (Å²) in [6.45, 7) is 5.92. The van der Waals surface area contributed by atoms with Crippen molar-refractivity contribution in [3.63, 3.8) is 0 Å². The molecule has 0 aromatic carbocycles. The molecule has 0 saturated heterocycles. The van der Waals surface area contributed by atoms with Gasteiger partial charge >= 0.3 is 5.97 Å². The molecule has 0 aliphatic carbocycles. The fourth-order valence-electron chi connectivity index (χ4n) is 1.13. The van der Waals surface area contributed by atoms with Crippen LogP contribution in [-0.2, 0) is 5.41 Å². The molecular formula is C9H13NO2S. The van der Waals surface area contributed by atoms with Crippen LogP contribution in [0, 0.1) is 0 Å². The van der Waals surface area contributed by atoms with Crippen molar-refractivity contribution in [2.24, 2.45) is 0 Å². The minimum Gasteiger partial charge on any atom is -0.477 e.